The van der Waals surface area contributed by atoms with E-state index in [9.17, 15) is 4.79 Å². The van der Waals surface area contributed by atoms with Gasteiger partial charge in [0.2, 0.25) is 5.91 Å². The number of morpholine rings is 1. The SMILES string of the molecule is CN(C)C(=O)C[C@H]1CN2C[C@H](n3ccnc3-c3cnn4cccnc34)C[C@H]2CO1. The van der Waals surface area contributed by atoms with E-state index in [0.29, 0.717) is 25.1 Å². The molecule has 29 heavy (non-hydrogen) atoms. The van der Waals surface area contributed by atoms with Gasteiger partial charge in [-0.1, -0.05) is 0 Å². The van der Waals surface area contributed by atoms with Crippen LogP contribution < -0.4 is 0 Å². The minimum absolute atomic E-state index is 0.0361. The Morgan fingerprint density at radius 1 is 1.21 bits per heavy atom. The molecule has 0 aliphatic carbocycles. The molecular formula is C20H25N7O2. The number of hydrogen-bond donors (Lipinski definition) is 0. The second-order valence-electron chi connectivity index (χ2n) is 8.05. The normalized spacial score (nSPS) is 24.7. The fourth-order valence-electron chi connectivity index (χ4n) is 4.42. The van der Waals surface area contributed by atoms with E-state index in [1.54, 1.807) is 29.7 Å². The van der Waals surface area contributed by atoms with E-state index in [-0.39, 0.29) is 12.0 Å². The summed E-state index contributed by atoms with van der Waals surface area (Å²) in [6.07, 6.45) is 10.8. The molecule has 9 heteroatoms. The number of hydrogen-bond acceptors (Lipinski definition) is 6. The molecule has 5 rings (SSSR count). The van der Waals surface area contributed by atoms with E-state index >= 15 is 0 Å². The number of ether oxygens (including phenoxy) is 1. The third kappa shape index (κ3) is 3.30. The molecule has 0 saturated carbocycles. The van der Waals surface area contributed by atoms with Crippen LogP contribution in [0, 0.1) is 0 Å². The van der Waals surface area contributed by atoms with Crippen LogP contribution in [0.4, 0.5) is 0 Å². The third-order valence-corrected chi connectivity index (χ3v) is 5.95. The van der Waals surface area contributed by atoms with Gasteiger partial charge in [0, 0.05) is 64.1 Å². The molecule has 0 N–H and O–H groups in total. The Bertz CT molecular complexity index is 1030. The van der Waals surface area contributed by atoms with Gasteiger partial charge in [-0.25, -0.2) is 14.5 Å². The maximum absolute atomic E-state index is 12.0. The lowest BCUT2D eigenvalue weighted by Gasteiger charge is -2.35. The first-order valence-electron chi connectivity index (χ1n) is 9.97. The van der Waals surface area contributed by atoms with Crippen LogP contribution in [0.1, 0.15) is 18.9 Å². The molecule has 5 heterocycles. The molecule has 2 aliphatic rings. The first kappa shape index (κ1) is 18.3. The summed E-state index contributed by atoms with van der Waals surface area (Å²) in [7, 11) is 3.57. The van der Waals surface area contributed by atoms with Crippen molar-refractivity contribution in [3.05, 3.63) is 37.1 Å². The van der Waals surface area contributed by atoms with Crippen molar-refractivity contribution in [3.8, 4) is 11.4 Å². The molecule has 152 valence electrons. The van der Waals surface area contributed by atoms with Gasteiger partial charge < -0.3 is 14.2 Å². The van der Waals surface area contributed by atoms with E-state index in [4.69, 9.17) is 4.74 Å². The molecule has 1 amide bonds. The number of carbonyl (C=O) groups is 1. The van der Waals surface area contributed by atoms with Crippen molar-refractivity contribution in [2.45, 2.75) is 31.0 Å². The Morgan fingerprint density at radius 2 is 2.10 bits per heavy atom. The van der Waals surface area contributed by atoms with Crippen molar-refractivity contribution in [1.29, 1.82) is 0 Å². The third-order valence-electron chi connectivity index (χ3n) is 5.95. The number of aromatic nitrogens is 5. The van der Waals surface area contributed by atoms with Gasteiger partial charge in [-0.15, -0.1) is 0 Å². The van der Waals surface area contributed by atoms with Gasteiger partial charge in [-0.05, 0) is 12.5 Å². The van der Waals surface area contributed by atoms with Gasteiger partial charge in [0.1, 0.15) is 5.82 Å². The van der Waals surface area contributed by atoms with Crippen LogP contribution in [-0.2, 0) is 9.53 Å². The maximum atomic E-state index is 12.0. The largest absolute Gasteiger partial charge is 0.375 e. The summed E-state index contributed by atoms with van der Waals surface area (Å²) in [5.41, 5.74) is 1.74. The predicted octanol–water partition coefficient (Wildman–Crippen LogP) is 1.09. The Hall–Kier alpha value is -2.78. The van der Waals surface area contributed by atoms with Crippen LogP contribution in [-0.4, -0.2) is 85.8 Å². The van der Waals surface area contributed by atoms with E-state index < -0.39 is 0 Å². The average molecular weight is 395 g/mol. The number of fused-ring (bicyclic) bond motifs is 2. The molecule has 2 fully saturated rings. The van der Waals surface area contributed by atoms with E-state index in [1.165, 1.54) is 0 Å². The van der Waals surface area contributed by atoms with Crippen LogP contribution in [0.3, 0.4) is 0 Å². The summed E-state index contributed by atoms with van der Waals surface area (Å²) in [6.45, 7) is 2.39. The Kier molecular flexibility index (Phi) is 4.56. The van der Waals surface area contributed by atoms with Gasteiger partial charge in [-0.3, -0.25) is 9.69 Å². The Morgan fingerprint density at radius 3 is 2.97 bits per heavy atom. The van der Waals surface area contributed by atoms with Gasteiger partial charge in [0.25, 0.3) is 0 Å². The van der Waals surface area contributed by atoms with Crippen LogP contribution in [0.15, 0.2) is 37.1 Å². The monoisotopic (exact) mass is 395 g/mol. The smallest absolute Gasteiger partial charge is 0.224 e. The number of carbonyl (C=O) groups excluding carboxylic acids is 1. The highest BCUT2D eigenvalue weighted by Gasteiger charge is 2.39. The van der Waals surface area contributed by atoms with E-state index in [2.05, 4.69) is 24.5 Å². The molecular weight excluding hydrogens is 370 g/mol. The summed E-state index contributed by atoms with van der Waals surface area (Å²) < 4.78 is 10.0. The van der Waals surface area contributed by atoms with Gasteiger partial charge in [0.05, 0.1) is 30.9 Å². The molecule has 0 radical (unpaired) electrons. The highest BCUT2D eigenvalue weighted by Crippen LogP contribution is 2.34. The minimum atomic E-state index is -0.0361. The average Bonchev–Trinajstić information content (AvgIpc) is 3.44. The zero-order valence-corrected chi connectivity index (χ0v) is 16.7. The van der Waals surface area contributed by atoms with Gasteiger partial charge in [-0.2, -0.15) is 5.10 Å². The molecule has 3 aromatic heterocycles. The van der Waals surface area contributed by atoms with Crippen LogP contribution in [0.5, 0.6) is 0 Å². The van der Waals surface area contributed by atoms with E-state index in [1.807, 2.05) is 30.9 Å². The highest BCUT2D eigenvalue weighted by atomic mass is 16.5. The summed E-state index contributed by atoms with van der Waals surface area (Å²) in [5, 5.41) is 4.40. The van der Waals surface area contributed by atoms with Crippen LogP contribution >= 0.6 is 0 Å². The predicted molar refractivity (Wildman–Crippen MR) is 106 cm³/mol. The molecule has 2 saturated heterocycles. The maximum Gasteiger partial charge on any atom is 0.224 e. The number of amides is 1. The van der Waals surface area contributed by atoms with Gasteiger partial charge >= 0.3 is 0 Å². The lowest BCUT2D eigenvalue weighted by Crippen LogP contribution is -2.47. The lowest BCUT2D eigenvalue weighted by atomic mass is 10.1. The molecule has 9 nitrogen and oxygen atoms in total. The second kappa shape index (κ2) is 7.23. The number of imidazole rings is 1. The Labute approximate surface area is 168 Å². The summed E-state index contributed by atoms with van der Waals surface area (Å²) in [6, 6.07) is 2.55. The lowest BCUT2D eigenvalue weighted by molar-refractivity contribution is -0.134. The molecule has 3 aromatic rings. The zero-order chi connectivity index (χ0) is 20.0. The highest BCUT2D eigenvalue weighted by molar-refractivity contribution is 5.76. The fraction of sp³-hybridized carbons (Fsp3) is 0.500. The summed E-state index contributed by atoms with van der Waals surface area (Å²) in [4.78, 5) is 25.2. The molecule has 3 atom stereocenters. The standard InChI is InChI=1S/C20H25N7O2/c1-24(2)18(28)9-16-12-25-11-14(8-15(25)13-29-16)26-7-5-22-19(26)17-10-23-27-6-3-4-21-20(17)27/h3-7,10,14-16H,8-9,11-13H2,1-2H3/t14-,15+,16+/m1/s1. The van der Waals surface area contributed by atoms with Crippen molar-refractivity contribution in [3.63, 3.8) is 0 Å². The number of nitrogens with zero attached hydrogens (tertiary/aromatic N) is 7. The first-order valence-corrected chi connectivity index (χ1v) is 9.97. The minimum Gasteiger partial charge on any atom is -0.375 e. The molecule has 0 unspecified atom stereocenters. The van der Waals surface area contributed by atoms with Crippen molar-refractivity contribution < 1.29 is 9.53 Å². The fourth-order valence-corrected chi connectivity index (χ4v) is 4.42. The molecule has 0 bridgehead atoms. The summed E-state index contributed by atoms with van der Waals surface area (Å²) >= 11 is 0. The number of rotatable bonds is 4. The van der Waals surface area contributed by atoms with Crippen molar-refractivity contribution >= 4 is 11.6 Å². The van der Waals surface area contributed by atoms with Crippen LogP contribution in [0.2, 0.25) is 0 Å². The first-order chi connectivity index (χ1) is 14.1. The molecule has 0 aromatic carbocycles. The van der Waals surface area contributed by atoms with Crippen LogP contribution in [0.25, 0.3) is 17.0 Å². The topological polar surface area (TPSA) is 80.8 Å². The quantitative estimate of drug-likeness (QED) is 0.658. The van der Waals surface area contributed by atoms with Crippen molar-refractivity contribution in [2.24, 2.45) is 0 Å². The Balaban J connectivity index is 1.34. The zero-order valence-electron chi connectivity index (χ0n) is 16.7. The second-order valence-corrected chi connectivity index (χ2v) is 8.05. The molecule has 0 spiro atoms. The van der Waals surface area contributed by atoms with Crippen molar-refractivity contribution in [2.75, 3.05) is 33.8 Å². The summed E-state index contributed by atoms with van der Waals surface area (Å²) in [5.74, 6) is 1.01. The van der Waals surface area contributed by atoms with Gasteiger partial charge in [0.15, 0.2) is 5.65 Å². The molecule has 2 aliphatic heterocycles. The van der Waals surface area contributed by atoms with Crippen molar-refractivity contribution in [1.82, 2.24) is 33.9 Å². The van der Waals surface area contributed by atoms with E-state index in [0.717, 1.165) is 36.5 Å².